The summed E-state index contributed by atoms with van der Waals surface area (Å²) in [6, 6.07) is 3.05. The third-order valence-corrected chi connectivity index (χ3v) is 3.70. The third kappa shape index (κ3) is 4.42. The molecule has 0 aliphatic heterocycles. The van der Waals surface area contributed by atoms with Crippen LogP contribution in [0.25, 0.3) is 0 Å². The van der Waals surface area contributed by atoms with Crippen molar-refractivity contribution in [2.24, 2.45) is 5.10 Å². The number of rotatable bonds is 8. The number of nitrogens with zero attached hydrogens (tertiary/aromatic N) is 3. The number of benzene rings is 1. The number of hydrogen-bond acceptors (Lipinski definition) is 8. The van der Waals surface area contributed by atoms with Crippen molar-refractivity contribution in [2.45, 2.75) is 20.8 Å². The average Bonchev–Trinajstić information content (AvgIpc) is 2.95. The average molecular weight is 350 g/mol. The topological polar surface area (TPSA) is 98.9 Å². The summed E-state index contributed by atoms with van der Waals surface area (Å²) in [4.78, 5) is 15.0. The second-order valence-electron chi connectivity index (χ2n) is 4.65. The first kappa shape index (κ1) is 17.7. The minimum absolute atomic E-state index is 0.130. The molecule has 24 heavy (non-hydrogen) atoms. The number of hydrazone groups is 1. The lowest BCUT2D eigenvalue weighted by atomic mass is 10.2. The van der Waals surface area contributed by atoms with E-state index in [-0.39, 0.29) is 11.4 Å². The van der Waals surface area contributed by atoms with Crippen LogP contribution < -0.4 is 14.9 Å². The van der Waals surface area contributed by atoms with E-state index < -0.39 is 4.92 Å². The van der Waals surface area contributed by atoms with Crippen molar-refractivity contribution in [3.8, 4) is 11.5 Å². The van der Waals surface area contributed by atoms with Gasteiger partial charge in [-0.25, -0.2) is 4.98 Å². The molecule has 128 valence electrons. The van der Waals surface area contributed by atoms with Gasteiger partial charge in [0.05, 0.1) is 30.0 Å². The molecule has 0 saturated heterocycles. The van der Waals surface area contributed by atoms with Gasteiger partial charge in [-0.3, -0.25) is 15.5 Å². The van der Waals surface area contributed by atoms with Crippen molar-refractivity contribution in [1.29, 1.82) is 0 Å². The molecule has 2 rings (SSSR count). The summed E-state index contributed by atoms with van der Waals surface area (Å²) in [5.41, 5.74) is 4.05. The van der Waals surface area contributed by atoms with Crippen LogP contribution in [0.5, 0.6) is 11.5 Å². The molecule has 0 saturated carbocycles. The minimum Gasteiger partial charge on any atom is -0.490 e. The Morgan fingerprint density at radius 1 is 1.38 bits per heavy atom. The van der Waals surface area contributed by atoms with Crippen molar-refractivity contribution in [2.75, 3.05) is 18.6 Å². The molecule has 1 N–H and O–H groups in total. The normalized spacial score (nSPS) is 10.8. The summed E-state index contributed by atoms with van der Waals surface area (Å²) < 4.78 is 10.8. The lowest BCUT2D eigenvalue weighted by Crippen LogP contribution is -2.03. The minimum atomic E-state index is -0.498. The van der Waals surface area contributed by atoms with Gasteiger partial charge < -0.3 is 9.47 Å². The molecule has 0 unspecified atom stereocenters. The van der Waals surface area contributed by atoms with Gasteiger partial charge in [-0.15, -0.1) is 11.3 Å². The number of nitrogens with one attached hydrogen (secondary N) is 1. The van der Waals surface area contributed by atoms with E-state index in [0.29, 0.717) is 29.7 Å². The van der Waals surface area contributed by atoms with Crippen LogP contribution >= 0.6 is 11.3 Å². The molecule has 8 nitrogen and oxygen atoms in total. The van der Waals surface area contributed by atoms with Crippen LogP contribution in [-0.2, 0) is 0 Å². The lowest BCUT2D eigenvalue weighted by Gasteiger charge is -2.11. The highest BCUT2D eigenvalue weighted by Crippen LogP contribution is 2.38. The second kappa shape index (κ2) is 8.25. The summed E-state index contributed by atoms with van der Waals surface area (Å²) in [6.45, 7) is 6.12. The van der Waals surface area contributed by atoms with E-state index in [4.69, 9.17) is 9.47 Å². The van der Waals surface area contributed by atoms with Crippen LogP contribution in [0.3, 0.4) is 0 Å². The number of ether oxygens (including phenoxy) is 2. The van der Waals surface area contributed by atoms with Crippen molar-refractivity contribution < 1.29 is 14.4 Å². The fourth-order valence-corrected chi connectivity index (χ4v) is 2.57. The van der Waals surface area contributed by atoms with Crippen LogP contribution in [-0.4, -0.2) is 29.3 Å². The van der Waals surface area contributed by atoms with Crippen molar-refractivity contribution in [3.63, 3.8) is 0 Å². The molecule has 0 fully saturated rings. The van der Waals surface area contributed by atoms with Gasteiger partial charge in [-0.1, -0.05) is 0 Å². The molecule has 0 atom stereocenters. The summed E-state index contributed by atoms with van der Waals surface area (Å²) in [6.07, 6.45) is 1.47. The molecule has 2 aromatic rings. The fourth-order valence-electron chi connectivity index (χ4n) is 1.94. The monoisotopic (exact) mass is 350 g/mol. The molecule has 0 bridgehead atoms. The first-order valence-electron chi connectivity index (χ1n) is 7.34. The van der Waals surface area contributed by atoms with Crippen LogP contribution in [0.1, 0.15) is 25.1 Å². The van der Waals surface area contributed by atoms with Crippen molar-refractivity contribution in [3.05, 3.63) is 38.9 Å². The number of anilines is 1. The number of aromatic nitrogens is 1. The summed E-state index contributed by atoms with van der Waals surface area (Å²) >= 11 is 1.42. The second-order valence-corrected chi connectivity index (χ2v) is 5.51. The van der Waals surface area contributed by atoms with Crippen LogP contribution in [0, 0.1) is 17.0 Å². The molecule has 1 aromatic carbocycles. The smallest absolute Gasteiger partial charge is 0.315 e. The Morgan fingerprint density at radius 2 is 2.12 bits per heavy atom. The number of nitro benzene ring substituents is 1. The Labute approximate surface area is 143 Å². The SMILES string of the molecule is CCOc1cc(/C=N\Nc2nc(C)cs2)cc([N+](=O)[O-])c1OCC. The molecule has 0 aliphatic rings. The highest BCUT2D eigenvalue weighted by atomic mass is 32.1. The number of thiazole rings is 1. The van der Waals surface area contributed by atoms with Crippen LogP contribution in [0.15, 0.2) is 22.6 Å². The van der Waals surface area contributed by atoms with E-state index in [1.807, 2.05) is 12.3 Å². The van der Waals surface area contributed by atoms with Gasteiger partial charge in [-0.05, 0) is 26.8 Å². The zero-order valence-electron chi connectivity index (χ0n) is 13.6. The molecule has 9 heteroatoms. The number of aryl methyl sites for hydroxylation is 1. The Hall–Kier alpha value is -2.68. The predicted molar refractivity (Wildman–Crippen MR) is 93.5 cm³/mol. The van der Waals surface area contributed by atoms with Crippen molar-refractivity contribution >= 4 is 28.4 Å². The zero-order chi connectivity index (χ0) is 17.5. The van der Waals surface area contributed by atoms with Crippen molar-refractivity contribution in [1.82, 2.24) is 4.98 Å². The third-order valence-electron chi connectivity index (χ3n) is 2.84. The molecule has 1 heterocycles. The Balaban J connectivity index is 2.30. The first-order valence-corrected chi connectivity index (χ1v) is 8.22. The van der Waals surface area contributed by atoms with Gasteiger partial charge in [0.2, 0.25) is 10.9 Å². The van der Waals surface area contributed by atoms with Gasteiger partial charge in [-0.2, -0.15) is 5.10 Å². The number of hydrogen-bond donors (Lipinski definition) is 1. The molecule has 0 aliphatic carbocycles. The summed E-state index contributed by atoms with van der Waals surface area (Å²) in [5.74, 6) is 0.449. The maximum Gasteiger partial charge on any atom is 0.315 e. The highest BCUT2D eigenvalue weighted by Gasteiger charge is 2.22. The van der Waals surface area contributed by atoms with E-state index in [1.54, 1.807) is 19.9 Å². The summed E-state index contributed by atoms with van der Waals surface area (Å²) in [7, 11) is 0. The van der Waals surface area contributed by atoms with E-state index in [9.17, 15) is 10.1 Å². The first-order chi connectivity index (χ1) is 11.5. The predicted octanol–water partition coefficient (Wildman–Crippen LogP) is 3.60. The van der Waals surface area contributed by atoms with Gasteiger partial charge in [0.1, 0.15) is 0 Å². The quantitative estimate of drug-likeness (QED) is 0.444. The van der Waals surface area contributed by atoms with Crippen LogP contribution in [0.2, 0.25) is 0 Å². The Bertz CT molecular complexity index is 745. The maximum absolute atomic E-state index is 11.3. The fraction of sp³-hybridized carbons (Fsp3) is 0.333. The molecule has 0 amide bonds. The Kier molecular flexibility index (Phi) is 6.07. The lowest BCUT2D eigenvalue weighted by molar-refractivity contribution is -0.385. The standard InChI is InChI=1S/C15H18N4O4S/c1-4-22-13-7-11(6-12(19(20)21)14(13)23-5-2)8-16-18-15-17-10(3)9-24-15/h6-9H,4-5H2,1-3H3,(H,17,18)/b16-8-. The van der Waals surface area contributed by atoms with Gasteiger partial charge in [0.15, 0.2) is 5.75 Å². The van der Waals surface area contributed by atoms with Gasteiger partial charge >= 0.3 is 5.69 Å². The molecule has 1 aromatic heterocycles. The van der Waals surface area contributed by atoms with Crippen LogP contribution in [0.4, 0.5) is 10.8 Å². The zero-order valence-corrected chi connectivity index (χ0v) is 14.4. The van der Waals surface area contributed by atoms with E-state index in [0.717, 1.165) is 5.69 Å². The largest absolute Gasteiger partial charge is 0.490 e. The molecular weight excluding hydrogens is 332 g/mol. The molecular formula is C15H18N4O4S. The van der Waals surface area contributed by atoms with Gasteiger partial charge in [0.25, 0.3) is 0 Å². The molecule has 0 radical (unpaired) electrons. The maximum atomic E-state index is 11.3. The van der Waals surface area contributed by atoms with E-state index in [2.05, 4.69) is 15.5 Å². The van der Waals surface area contributed by atoms with E-state index in [1.165, 1.54) is 23.6 Å². The number of nitro groups is 1. The molecule has 0 spiro atoms. The summed E-state index contributed by atoms with van der Waals surface area (Å²) in [5, 5.41) is 17.9. The highest BCUT2D eigenvalue weighted by molar-refractivity contribution is 7.13. The van der Waals surface area contributed by atoms with E-state index >= 15 is 0 Å². The Morgan fingerprint density at radius 3 is 2.71 bits per heavy atom. The van der Waals surface area contributed by atoms with Gasteiger partial charge in [0, 0.05) is 17.0 Å².